The smallest absolute Gasteiger partial charge is 0.247 e. The predicted molar refractivity (Wildman–Crippen MR) is 153 cm³/mol. The molecule has 3 fully saturated rings. The zero-order chi connectivity index (χ0) is 29.6. The van der Waals surface area contributed by atoms with Crippen molar-refractivity contribution in [2.24, 2.45) is 17.8 Å². The third kappa shape index (κ3) is 4.29. The van der Waals surface area contributed by atoms with E-state index in [-0.39, 0.29) is 31.0 Å². The van der Waals surface area contributed by atoms with Crippen molar-refractivity contribution in [1.82, 2.24) is 30.5 Å². The van der Waals surface area contributed by atoms with Crippen molar-refractivity contribution < 1.29 is 24.2 Å². The van der Waals surface area contributed by atoms with Gasteiger partial charge in [-0.3, -0.25) is 14.4 Å². The quantitative estimate of drug-likeness (QED) is 0.337. The van der Waals surface area contributed by atoms with Gasteiger partial charge in [0.1, 0.15) is 23.8 Å². The molecule has 222 valence electrons. The van der Waals surface area contributed by atoms with Crippen molar-refractivity contribution in [1.29, 1.82) is 0 Å². The molecule has 1 spiro atoms. The molecule has 6 atom stereocenters. The van der Waals surface area contributed by atoms with Crippen LogP contribution in [0.4, 0.5) is 0 Å². The average molecular weight is 575 g/mol. The van der Waals surface area contributed by atoms with Gasteiger partial charge in [-0.2, -0.15) is 0 Å². The molecule has 6 rings (SSSR count). The Morgan fingerprint density at radius 2 is 1.81 bits per heavy atom. The molecule has 0 aliphatic carbocycles. The number of rotatable bonds is 10. The number of ether oxygens (including phenoxy) is 1. The molecule has 3 N–H and O–H groups in total. The summed E-state index contributed by atoms with van der Waals surface area (Å²) in [6.45, 7) is 5.85. The molecule has 3 aliphatic rings. The topological polar surface area (TPSA) is 139 Å². The maximum atomic E-state index is 14.4. The van der Waals surface area contributed by atoms with E-state index in [0.29, 0.717) is 31.3 Å². The molecule has 11 heteroatoms. The van der Waals surface area contributed by atoms with Crippen molar-refractivity contribution in [3.8, 4) is 0 Å². The van der Waals surface area contributed by atoms with Gasteiger partial charge in [0, 0.05) is 6.54 Å². The number of benzene rings is 2. The van der Waals surface area contributed by atoms with E-state index in [2.05, 4.69) is 20.9 Å². The third-order valence-corrected chi connectivity index (χ3v) is 9.60. The summed E-state index contributed by atoms with van der Waals surface area (Å²) < 4.78 is 8.42. The van der Waals surface area contributed by atoms with E-state index < -0.39 is 41.0 Å². The van der Waals surface area contributed by atoms with Crippen LogP contribution in [-0.4, -0.2) is 72.6 Å². The summed E-state index contributed by atoms with van der Waals surface area (Å²) in [4.78, 5) is 43.9. The maximum Gasteiger partial charge on any atom is 0.247 e. The molecule has 0 saturated carbocycles. The normalized spacial score (nSPS) is 28.8. The lowest BCUT2D eigenvalue weighted by molar-refractivity contribution is -0.152. The largest absolute Gasteiger partial charge is 0.394 e. The Balaban J connectivity index is 1.33. The number of hydrogen-bond acceptors (Lipinski definition) is 7. The molecule has 2 aromatic carbocycles. The van der Waals surface area contributed by atoms with Gasteiger partial charge in [-0.25, -0.2) is 4.68 Å². The van der Waals surface area contributed by atoms with Crippen molar-refractivity contribution in [2.45, 2.75) is 76.5 Å². The van der Waals surface area contributed by atoms with Gasteiger partial charge in [0.05, 0.1) is 35.6 Å². The van der Waals surface area contributed by atoms with Crippen LogP contribution in [0.1, 0.15) is 45.6 Å². The summed E-state index contributed by atoms with van der Waals surface area (Å²) >= 11 is 0. The van der Waals surface area contributed by atoms with Crippen LogP contribution in [0.25, 0.3) is 11.0 Å². The van der Waals surface area contributed by atoms with E-state index >= 15 is 0 Å². The van der Waals surface area contributed by atoms with Crippen LogP contribution in [-0.2, 0) is 32.3 Å². The Kier molecular flexibility index (Phi) is 7.26. The SMILES string of the molecule is CC[C@@]12CCC3(O1)C(C(=O)NCn1nnc4ccccc41)N([C@@H](CO)C(C)C)C(=O)[C@@H]3[C@@H]2C(=O)NCc1ccccc1. The van der Waals surface area contributed by atoms with Crippen LogP contribution in [0.5, 0.6) is 0 Å². The monoisotopic (exact) mass is 574 g/mol. The summed E-state index contributed by atoms with van der Waals surface area (Å²) in [6.07, 6.45) is 1.57. The van der Waals surface area contributed by atoms with Crippen LogP contribution in [0.15, 0.2) is 54.6 Å². The molecular formula is C31H38N6O5. The molecule has 3 amide bonds. The Morgan fingerprint density at radius 1 is 1.07 bits per heavy atom. The van der Waals surface area contributed by atoms with Gasteiger partial charge in [-0.1, -0.05) is 68.4 Å². The minimum absolute atomic E-state index is 0.0456. The summed E-state index contributed by atoms with van der Waals surface area (Å²) in [5, 5.41) is 24.8. The number of hydrogen-bond donors (Lipinski definition) is 3. The van der Waals surface area contributed by atoms with Gasteiger partial charge >= 0.3 is 0 Å². The number of aromatic nitrogens is 3. The standard InChI is InChI=1S/C31H38N6O5/c1-4-30-14-15-31(42-30)25(24(30)27(39)32-16-20-10-6-5-7-11-20)29(41)37(23(17-38)19(2)3)26(31)28(40)33-18-36-22-13-9-8-12-21(22)34-35-36/h5-13,19,23-26,38H,4,14-18H2,1-3H3,(H,32,39)(H,33,40)/t23-,24+,25-,26?,30-,31?/m0/s1. The average Bonchev–Trinajstić information content (AvgIpc) is 3.73. The summed E-state index contributed by atoms with van der Waals surface area (Å²) in [5.41, 5.74) is 0.392. The van der Waals surface area contributed by atoms with Crippen molar-refractivity contribution in [3.63, 3.8) is 0 Å². The minimum atomic E-state index is -1.18. The van der Waals surface area contributed by atoms with Gasteiger partial charge in [-0.15, -0.1) is 5.10 Å². The first kappa shape index (κ1) is 28.3. The van der Waals surface area contributed by atoms with Crippen LogP contribution >= 0.6 is 0 Å². The fraction of sp³-hybridized carbons (Fsp3) is 0.516. The van der Waals surface area contributed by atoms with Crippen molar-refractivity contribution >= 4 is 28.8 Å². The Hall–Kier alpha value is -3.83. The minimum Gasteiger partial charge on any atom is -0.394 e. The van der Waals surface area contributed by atoms with Crippen molar-refractivity contribution in [2.75, 3.05) is 6.61 Å². The van der Waals surface area contributed by atoms with Gasteiger partial charge < -0.3 is 25.4 Å². The number of carbonyl (C=O) groups is 3. The van der Waals surface area contributed by atoms with Gasteiger partial charge in [0.2, 0.25) is 17.7 Å². The highest BCUT2D eigenvalue weighted by Crippen LogP contribution is 2.64. The van der Waals surface area contributed by atoms with E-state index in [9.17, 15) is 19.5 Å². The molecule has 2 unspecified atom stereocenters. The Morgan fingerprint density at radius 3 is 2.52 bits per heavy atom. The lowest BCUT2D eigenvalue weighted by atomic mass is 9.65. The molecule has 1 aromatic heterocycles. The first-order valence-electron chi connectivity index (χ1n) is 14.8. The van der Waals surface area contributed by atoms with Gasteiger partial charge in [-0.05, 0) is 42.9 Å². The number of para-hydroxylation sites is 1. The lowest BCUT2D eigenvalue weighted by Crippen LogP contribution is -2.59. The summed E-state index contributed by atoms with van der Waals surface area (Å²) in [5.74, 6) is -2.69. The number of nitrogens with zero attached hydrogens (tertiary/aromatic N) is 4. The number of nitrogens with one attached hydrogen (secondary N) is 2. The number of amides is 3. The molecular weight excluding hydrogens is 536 g/mol. The first-order valence-corrected chi connectivity index (χ1v) is 14.8. The second kappa shape index (κ2) is 10.8. The van der Waals surface area contributed by atoms with E-state index in [1.165, 1.54) is 4.90 Å². The molecule has 3 saturated heterocycles. The molecule has 11 nitrogen and oxygen atoms in total. The molecule has 3 aliphatic heterocycles. The summed E-state index contributed by atoms with van der Waals surface area (Å²) in [7, 11) is 0. The fourth-order valence-electron chi connectivity index (χ4n) is 7.51. The molecule has 0 radical (unpaired) electrons. The fourth-order valence-corrected chi connectivity index (χ4v) is 7.51. The molecule has 2 bridgehead atoms. The lowest BCUT2D eigenvalue weighted by Gasteiger charge is -2.38. The number of carbonyl (C=O) groups excluding carboxylic acids is 3. The van der Waals surface area contributed by atoms with Crippen molar-refractivity contribution in [3.05, 3.63) is 60.2 Å². The zero-order valence-electron chi connectivity index (χ0n) is 24.2. The van der Waals surface area contributed by atoms with E-state index in [0.717, 1.165) is 11.1 Å². The highest BCUT2D eigenvalue weighted by molar-refractivity contribution is 5.99. The third-order valence-electron chi connectivity index (χ3n) is 9.60. The number of fused-ring (bicyclic) bond motifs is 2. The maximum absolute atomic E-state index is 14.4. The Labute approximate surface area is 244 Å². The van der Waals surface area contributed by atoms with Gasteiger partial charge in [0.25, 0.3) is 0 Å². The summed E-state index contributed by atoms with van der Waals surface area (Å²) in [6, 6.07) is 15.4. The van der Waals surface area contributed by atoms with E-state index in [1.54, 1.807) is 4.68 Å². The van der Waals surface area contributed by atoms with Crippen LogP contribution in [0.2, 0.25) is 0 Å². The molecule has 42 heavy (non-hydrogen) atoms. The number of aliphatic hydroxyl groups is 1. The van der Waals surface area contributed by atoms with Crippen LogP contribution < -0.4 is 10.6 Å². The molecule has 3 aromatic rings. The van der Waals surface area contributed by atoms with E-state index in [4.69, 9.17) is 4.74 Å². The highest BCUT2D eigenvalue weighted by atomic mass is 16.5. The second-order valence-corrected chi connectivity index (χ2v) is 12.1. The first-order chi connectivity index (χ1) is 20.3. The van der Waals surface area contributed by atoms with E-state index in [1.807, 2.05) is 75.4 Å². The second-order valence-electron chi connectivity index (χ2n) is 12.1. The molecule has 4 heterocycles. The van der Waals surface area contributed by atoms with Gasteiger partial charge in [0.15, 0.2) is 0 Å². The number of likely N-dealkylation sites (tertiary alicyclic amines) is 1. The van der Waals surface area contributed by atoms with Crippen LogP contribution in [0.3, 0.4) is 0 Å². The number of aliphatic hydroxyl groups excluding tert-OH is 1. The highest BCUT2D eigenvalue weighted by Gasteiger charge is 2.79. The zero-order valence-corrected chi connectivity index (χ0v) is 24.2. The predicted octanol–water partition coefficient (Wildman–Crippen LogP) is 1.99. The Bertz CT molecular complexity index is 1490. The van der Waals surface area contributed by atoms with Crippen LogP contribution in [0, 0.1) is 17.8 Å².